The van der Waals surface area contributed by atoms with Gasteiger partial charge >= 0.3 is 0 Å². The number of piperazine rings is 1. The van der Waals surface area contributed by atoms with Gasteiger partial charge in [-0.1, -0.05) is 39.0 Å². The summed E-state index contributed by atoms with van der Waals surface area (Å²) in [7, 11) is 0. The highest BCUT2D eigenvalue weighted by atomic mass is 19.1. The molecule has 1 fully saturated rings. The Hall–Kier alpha value is -2.77. The smallest absolute Gasteiger partial charge is 0.279 e. The third-order valence-electron chi connectivity index (χ3n) is 5.63. The van der Waals surface area contributed by atoms with Gasteiger partial charge in [-0.25, -0.2) is 4.39 Å². The second kappa shape index (κ2) is 10.0. The van der Waals surface area contributed by atoms with E-state index in [0.717, 1.165) is 31.9 Å². The average Bonchev–Trinajstić information content (AvgIpc) is 2.69. The molecule has 7 heteroatoms. The first kappa shape index (κ1) is 22.9. The lowest BCUT2D eigenvalue weighted by Crippen LogP contribution is -3.28. The van der Waals surface area contributed by atoms with Crippen LogP contribution >= 0.6 is 0 Å². The van der Waals surface area contributed by atoms with Crippen LogP contribution in [-0.4, -0.2) is 51.1 Å². The summed E-state index contributed by atoms with van der Waals surface area (Å²) in [5.74, 6) is -0.489. The van der Waals surface area contributed by atoms with E-state index in [1.807, 2.05) is 12.1 Å². The van der Waals surface area contributed by atoms with Gasteiger partial charge < -0.3 is 20.4 Å². The molecule has 166 valence electrons. The lowest BCUT2D eigenvalue weighted by Gasteiger charge is -2.29. The SMILES string of the molecule is CC(C)(C)c1ccc(NC(=O)C[NH+]2CC[NH+](CC(=O)Nc3cccc(F)c3)CC2)cc1. The fraction of sp³-hybridized carbons (Fsp3) is 0.417. The van der Waals surface area contributed by atoms with Crippen LogP contribution in [-0.2, 0) is 15.0 Å². The number of hydrogen-bond acceptors (Lipinski definition) is 2. The maximum atomic E-state index is 13.2. The number of carbonyl (C=O) groups is 2. The van der Waals surface area contributed by atoms with Crippen molar-refractivity contribution in [3.63, 3.8) is 0 Å². The Labute approximate surface area is 183 Å². The molecular weight excluding hydrogens is 395 g/mol. The maximum absolute atomic E-state index is 13.2. The molecule has 2 amide bonds. The Morgan fingerprint density at radius 1 is 0.839 bits per heavy atom. The summed E-state index contributed by atoms with van der Waals surface area (Å²) in [6, 6.07) is 13.9. The van der Waals surface area contributed by atoms with Gasteiger partial charge in [-0.3, -0.25) is 9.59 Å². The Morgan fingerprint density at radius 3 is 1.84 bits per heavy atom. The van der Waals surface area contributed by atoms with E-state index in [1.165, 1.54) is 27.5 Å². The highest BCUT2D eigenvalue weighted by molar-refractivity contribution is 5.92. The van der Waals surface area contributed by atoms with Gasteiger partial charge in [-0.2, -0.15) is 0 Å². The summed E-state index contributed by atoms with van der Waals surface area (Å²) in [6.45, 7) is 10.6. The van der Waals surface area contributed by atoms with Crippen LogP contribution in [0.4, 0.5) is 15.8 Å². The number of carbonyl (C=O) groups excluding carboxylic acids is 2. The lowest BCUT2D eigenvalue weighted by molar-refractivity contribution is -1.00. The number of amides is 2. The van der Waals surface area contributed by atoms with Crippen molar-refractivity contribution in [1.82, 2.24) is 0 Å². The molecule has 4 N–H and O–H groups in total. The minimum atomic E-state index is -0.370. The van der Waals surface area contributed by atoms with Crippen molar-refractivity contribution in [3.8, 4) is 0 Å². The molecule has 0 aliphatic carbocycles. The summed E-state index contributed by atoms with van der Waals surface area (Å²) >= 11 is 0. The number of rotatable bonds is 6. The summed E-state index contributed by atoms with van der Waals surface area (Å²) in [4.78, 5) is 27.0. The van der Waals surface area contributed by atoms with Crippen molar-refractivity contribution in [2.45, 2.75) is 26.2 Å². The van der Waals surface area contributed by atoms with Gasteiger partial charge in [-0.05, 0) is 41.3 Å². The lowest BCUT2D eigenvalue weighted by atomic mass is 9.87. The Balaban J connectivity index is 1.39. The maximum Gasteiger partial charge on any atom is 0.279 e. The van der Waals surface area contributed by atoms with E-state index in [9.17, 15) is 14.0 Å². The number of nitrogens with one attached hydrogen (secondary N) is 4. The first-order valence-electron chi connectivity index (χ1n) is 10.8. The normalized spacial score (nSPS) is 19.0. The van der Waals surface area contributed by atoms with Gasteiger partial charge in [0.2, 0.25) is 0 Å². The van der Waals surface area contributed by atoms with Gasteiger partial charge in [0.1, 0.15) is 32.0 Å². The summed E-state index contributed by atoms with van der Waals surface area (Å²) in [6.07, 6.45) is 0. The van der Waals surface area contributed by atoms with Crippen LogP contribution in [0.5, 0.6) is 0 Å². The topological polar surface area (TPSA) is 67.1 Å². The first-order valence-corrected chi connectivity index (χ1v) is 10.8. The van der Waals surface area contributed by atoms with E-state index in [4.69, 9.17) is 0 Å². The summed E-state index contributed by atoms with van der Waals surface area (Å²) in [5, 5.41) is 5.73. The van der Waals surface area contributed by atoms with Crippen LogP contribution in [0.2, 0.25) is 0 Å². The molecule has 0 atom stereocenters. The van der Waals surface area contributed by atoms with Crippen molar-refractivity contribution in [2.24, 2.45) is 0 Å². The van der Waals surface area contributed by atoms with Crippen LogP contribution in [0.1, 0.15) is 26.3 Å². The molecule has 2 aromatic carbocycles. The monoisotopic (exact) mass is 428 g/mol. The molecule has 0 radical (unpaired) electrons. The van der Waals surface area contributed by atoms with E-state index < -0.39 is 0 Å². The van der Waals surface area contributed by atoms with Gasteiger partial charge in [0.25, 0.3) is 11.8 Å². The third-order valence-corrected chi connectivity index (χ3v) is 5.63. The molecule has 1 aliphatic rings. The van der Waals surface area contributed by atoms with Crippen LogP contribution < -0.4 is 20.4 Å². The second-order valence-corrected chi connectivity index (χ2v) is 9.29. The van der Waals surface area contributed by atoms with Crippen LogP contribution in [0.15, 0.2) is 48.5 Å². The standard InChI is InChI=1S/C24H31FN4O2/c1-24(2,3)18-7-9-20(10-8-18)26-22(30)16-28-11-13-29(14-12-28)17-23(31)27-21-6-4-5-19(25)15-21/h4-10,15H,11-14,16-17H2,1-3H3,(H,26,30)(H,27,31)/p+2. The number of quaternary nitrogens is 2. The number of hydrogen-bond donors (Lipinski definition) is 4. The summed E-state index contributed by atoms with van der Waals surface area (Å²) < 4.78 is 13.2. The zero-order valence-corrected chi connectivity index (χ0v) is 18.6. The molecule has 1 saturated heterocycles. The fourth-order valence-corrected chi connectivity index (χ4v) is 3.79. The minimum Gasteiger partial charge on any atom is -0.321 e. The van der Waals surface area contributed by atoms with Crippen LogP contribution in [0, 0.1) is 5.82 Å². The Bertz CT molecular complexity index is 901. The Kier molecular flexibility index (Phi) is 7.41. The van der Waals surface area contributed by atoms with E-state index >= 15 is 0 Å². The van der Waals surface area contributed by atoms with Crippen molar-refractivity contribution < 1.29 is 23.8 Å². The first-order chi connectivity index (χ1) is 14.7. The van der Waals surface area contributed by atoms with Gasteiger partial charge in [0.15, 0.2) is 13.1 Å². The van der Waals surface area contributed by atoms with Crippen molar-refractivity contribution in [1.29, 1.82) is 0 Å². The van der Waals surface area contributed by atoms with Crippen molar-refractivity contribution in [2.75, 3.05) is 49.9 Å². The zero-order chi connectivity index (χ0) is 22.4. The number of halogens is 1. The molecule has 6 nitrogen and oxygen atoms in total. The second-order valence-electron chi connectivity index (χ2n) is 9.29. The van der Waals surface area contributed by atoms with Gasteiger partial charge in [0, 0.05) is 11.4 Å². The van der Waals surface area contributed by atoms with E-state index in [1.54, 1.807) is 12.1 Å². The highest BCUT2D eigenvalue weighted by Gasteiger charge is 2.26. The van der Waals surface area contributed by atoms with Gasteiger partial charge in [-0.15, -0.1) is 0 Å². The van der Waals surface area contributed by atoms with E-state index in [0.29, 0.717) is 18.8 Å². The predicted octanol–water partition coefficient (Wildman–Crippen LogP) is 0.484. The molecule has 2 aromatic rings. The molecule has 1 heterocycles. The van der Waals surface area contributed by atoms with Crippen LogP contribution in [0.3, 0.4) is 0 Å². The minimum absolute atomic E-state index is 0.00538. The van der Waals surface area contributed by atoms with Crippen molar-refractivity contribution in [3.05, 3.63) is 59.9 Å². The van der Waals surface area contributed by atoms with E-state index in [2.05, 4.69) is 43.5 Å². The molecule has 31 heavy (non-hydrogen) atoms. The van der Waals surface area contributed by atoms with Crippen molar-refractivity contribution >= 4 is 23.2 Å². The van der Waals surface area contributed by atoms with Crippen LogP contribution in [0.25, 0.3) is 0 Å². The third kappa shape index (κ3) is 7.15. The molecule has 3 rings (SSSR count). The molecule has 0 unspecified atom stereocenters. The number of anilines is 2. The number of benzene rings is 2. The molecule has 0 spiro atoms. The zero-order valence-electron chi connectivity index (χ0n) is 18.6. The highest BCUT2D eigenvalue weighted by Crippen LogP contribution is 2.23. The molecule has 1 aliphatic heterocycles. The molecule has 0 bridgehead atoms. The average molecular weight is 429 g/mol. The quantitative estimate of drug-likeness (QED) is 0.541. The summed E-state index contributed by atoms with van der Waals surface area (Å²) in [5.41, 5.74) is 2.61. The largest absolute Gasteiger partial charge is 0.321 e. The predicted molar refractivity (Wildman–Crippen MR) is 120 cm³/mol. The Morgan fingerprint density at radius 2 is 1.35 bits per heavy atom. The molecule has 0 saturated carbocycles. The molecule has 0 aromatic heterocycles. The van der Waals surface area contributed by atoms with E-state index in [-0.39, 0.29) is 23.0 Å². The van der Waals surface area contributed by atoms with Gasteiger partial charge in [0.05, 0.1) is 0 Å². The molecular formula is C24H33FN4O2+2. The fourth-order valence-electron chi connectivity index (χ4n) is 3.79.